The molecule has 0 radical (unpaired) electrons. The van der Waals surface area contributed by atoms with E-state index in [4.69, 9.17) is 25.8 Å². The topological polar surface area (TPSA) is 136 Å². The van der Waals surface area contributed by atoms with Crippen molar-refractivity contribution in [3.8, 4) is 5.75 Å². The average molecular weight is 737 g/mol. The fourth-order valence-corrected chi connectivity index (χ4v) is 9.58. The molecule has 2 aliphatic heterocycles. The number of fused-ring (bicyclic) bond motifs is 4. The molecule has 2 aliphatic carbocycles. The Bertz CT molecular complexity index is 1990. The number of nitrogens with zero attached hydrogens (tertiary/aromatic N) is 4. The van der Waals surface area contributed by atoms with E-state index in [0.29, 0.717) is 37.1 Å². The van der Waals surface area contributed by atoms with Gasteiger partial charge in [-0.15, -0.1) is 4.36 Å². The molecular weight excluding hydrogens is 692 g/mol. The van der Waals surface area contributed by atoms with Crippen LogP contribution in [0.25, 0.3) is 0 Å². The molecule has 5 atom stereocenters. The molecule has 7 rings (SSSR count). The SMILES string of the molecule is CO[C@H]1C=CCOC(C)(C)C(=O)N=S(=O)(NC(=O)Nc2cnn(C)c2)c2ccc3c(c2)N(C[C@@H]2CC[C@H]21)C[C@@]1(CCCc2cc(Cl)ccc21)CO3. The van der Waals surface area contributed by atoms with Gasteiger partial charge in [0.15, 0.2) is 9.92 Å². The Labute approximate surface area is 304 Å². The molecule has 1 saturated carbocycles. The van der Waals surface area contributed by atoms with Gasteiger partial charge in [-0.25, -0.2) is 13.7 Å². The van der Waals surface area contributed by atoms with E-state index >= 15 is 0 Å². The summed E-state index contributed by atoms with van der Waals surface area (Å²) in [5.74, 6) is 0.434. The minimum absolute atomic E-state index is 0.120. The maximum atomic E-state index is 15.0. The molecule has 51 heavy (non-hydrogen) atoms. The highest BCUT2D eigenvalue weighted by atomic mass is 35.5. The van der Waals surface area contributed by atoms with Gasteiger partial charge in [0, 0.05) is 43.9 Å². The molecule has 1 spiro atoms. The second-order valence-electron chi connectivity index (χ2n) is 14.6. The molecule has 2 aromatic carbocycles. The number of aryl methyl sites for hydroxylation is 2. The number of aromatic nitrogens is 2. The number of benzene rings is 2. The number of ether oxygens (including phenoxy) is 3. The molecule has 1 unspecified atom stereocenters. The number of urea groups is 1. The fourth-order valence-electron chi connectivity index (χ4n) is 7.84. The van der Waals surface area contributed by atoms with Gasteiger partial charge in [0.05, 0.1) is 41.8 Å². The number of nitrogens with one attached hydrogen (secondary N) is 2. The van der Waals surface area contributed by atoms with Crippen molar-refractivity contribution in [2.75, 3.05) is 43.6 Å². The van der Waals surface area contributed by atoms with Crippen LogP contribution < -0.4 is 19.7 Å². The summed E-state index contributed by atoms with van der Waals surface area (Å²) in [5, 5.41) is 7.45. The zero-order valence-electron chi connectivity index (χ0n) is 29.4. The predicted molar refractivity (Wildman–Crippen MR) is 196 cm³/mol. The largest absolute Gasteiger partial charge is 0.490 e. The van der Waals surface area contributed by atoms with E-state index in [2.05, 4.69) is 36.5 Å². The van der Waals surface area contributed by atoms with Crippen LogP contribution in [-0.4, -0.2) is 71.0 Å². The van der Waals surface area contributed by atoms with Crippen LogP contribution in [0.4, 0.5) is 16.2 Å². The Hall–Kier alpha value is -3.91. The van der Waals surface area contributed by atoms with Crippen molar-refractivity contribution in [2.45, 2.75) is 68.0 Å². The highest BCUT2D eigenvalue weighted by molar-refractivity contribution is 7.92. The molecule has 4 aliphatic rings. The molecule has 14 heteroatoms. The van der Waals surface area contributed by atoms with Crippen LogP contribution in [0.15, 0.2) is 70.2 Å². The van der Waals surface area contributed by atoms with Crippen LogP contribution in [-0.2, 0) is 43.1 Å². The van der Waals surface area contributed by atoms with Gasteiger partial charge in [-0.2, -0.15) is 5.10 Å². The van der Waals surface area contributed by atoms with Crippen LogP contribution in [0, 0.1) is 11.8 Å². The van der Waals surface area contributed by atoms with E-state index in [9.17, 15) is 13.8 Å². The third-order valence-corrected chi connectivity index (χ3v) is 12.8. The van der Waals surface area contributed by atoms with E-state index < -0.39 is 27.5 Å². The van der Waals surface area contributed by atoms with Crippen LogP contribution in [0.5, 0.6) is 5.75 Å². The molecule has 0 saturated heterocycles. The van der Waals surface area contributed by atoms with Crippen molar-refractivity contribution in [2.24, 2.45) is 23.2 Å². The Morgan fingerprint density at radius 3 is 2.76 bits per heavy atom. The first kappa shape index (κ1) is 35.5. The lowest BCUT2D eigenvalue weighted by Crippen LogP contribution is -2.49. The summed E-state index contributed by atoms with van der Waals surface area (Å²) in [6, 6.07) is 10.5. The van der Waals surface area contributed by atoms with Gasteiger partial charge >= 0.3 is 6.03 Å². The Balaban J connectivity index is 1.35. The zero-order chi connectivity index (χ0) is 36.0. The number of rotatable bonds is 3. The number of methoxy groups -OCH3 is 1. The van der Waals surface area contributed by atoms with Crippen molar-refractivity contribution in [1.29, 1.82) is 0 Å². The highest BCUT2D eigenvalue weighted by Crippen LogP contribution is 2.47. The second-order valence-corrected chi connectivity index (χ2v) is 16.9. The van der Waals surface area contributed by atoms with Gasteiger partial charge in [-0.05, 0) is 99.2 Å². The number of hydrogen-bond acceptors (Lipinski definition) is 8. The Morgan fingerprint density at radius 1 is 1.18 bits per heavy atom. The van der Waals surface area contributed by atoms with Crippen molar-refractivity contribution in [3.05, 3.63) is 77.1 Å². The number of carbonyl (C=O) groups is 2. The number of carbonyl (C=O) groups excluding carboxylic acids is 2. The lowest BCUT2D eigenvalue weighted by atomic mass is 9.68. The van der Waals surface area contributed by atoms with Crippen molar-refractivity contribution in [1.82, 2.24) is 14.5 Å². The summed E-state index contributed by atoms with van der Waals surface area (Å²) >= 11 is 6.46. The smallest absolute Gasteiger partial charge is 0.332 e. The Morgan fingerprint density at radius 2 is 2.02 bits per heavy atom. The zero-order valence-corrected chi connectivity index (χ0v) is 31.0. The van der Waals surface area contributed by atoms with Crippen LogP contribution in [0.1, 0.15) is 50.7 Å². The van der Waals surface area contributed by atoms with Gasteiger partial charge in [-0.3, -0.25) is 9.48 Å². The normalized spacial score (nSPS) is 28.7. The van der Waals surface area contributed by atoms with Gasteiger partial charge in [0.25, 0.3) is 5.91 Å². The van der Waals surface area contributed by atoms with Crippen LogP contribution in [0.3, 0.4) is 0 Å². The first-order valence-corrected chi connectivity index (χ1v) is 19.3. The van der Waals surface area contributed by atoms with E-state index in [1.165, 1.54) is 22.0 Å². The molecule has 3 aromatic rings. The number of amides is 3. The summed E-state index contributed by atoms with van der Waals surface area (Å²) in [5.41, 5.74) is 1.83. The molecule has 3 heterocycles. The minimum atomic E-state index is -3.90. The van der Waals surface area contributed by atoms with Crippen LogP contribution in [0.2, 0.25) is 5.02 Å². The minimum Gasteiger partial charge on any atom is -0.490 e. The molecule has 1 aromatic heterocycles. The quantitative estimate of drug-likeness (QED) is 0.311. The third kappa shape index (κ3) is 7.13. The van der Waals surface area contributed by atoms with Crippen LogP contribution >= 0.6 is 11.6 Å². The van der Waals surface area contributed by atoms with Crippen molar-refractivity contribution in [3.63, 3.8) is 0 Å². The third-order valence-electron chi connectivity index (χ3n) is 10.7. The molecule has 12 nitrogen and oxygen atoms in total. The molecule has 2 N–H and O–H groups in total. The molecule has 272 valence electrons. The average Bonchev–Trinajstić information content (AvgIpc) is 3.42. The van der Waals surface area contributed by atoms with E-state index in [1.807, 2.05) is 18.2 Å². The number of anilines is 2. The van der Waals surface area contributed by atoms with E-state index in [1.54, 1.807) is 52.4 Å². The lowest BCUT2D eigenvalue weighted by Gasteiger charge is -2.46. The first-order valence-electron chi connectivity index (χ1n) is 17.4. The highest BCUT2D eigenvalue weighted by Gasteiger charge is 2.44. The number of halogens is 1. The second kappa shape index (κ2) is 13.9. The van der Waals surface area contributed by atoms with Gasteiger partial charge < -0.3 is 24.4 Å². The van der Waals surface area contributed by atoms with Gasteiger partial charge in [0.2, 0.25) is 0 Å². The van der Waals surface area contributed by atoms with E-state index in [-0.39, 0.29) is 28.9 Å². The summed E-state index contributed by atoms with van der Waals surface area (Å²) in [6.45, 7) is 5.08. The standard InChI is InChI=1S/C37H45ClN6O6S/c1-36(2)34(45)41-51(47,42-35(46)40-27-19-39-43(3)21-27)28-11-14-33-31(18-28)44(20-25-9-12-29(25)32(48-4)8-6-16-50-36)22-37(23-49-33)15-5-7-24-17-26(38)10-13-30(24)37/h6,8,10-11,13-14,17-19,21,25,29,32H,5,7,9,12,15-16,20,22-23H2,1-4H3,(H2,40,41,42,45,46,47)/t25-,29+,32-,37-,51?/m0/s1. The summed E-state index contributed by atoms with van der Waals surface area (Å²) in [7, 11) is -0.460. The predicted octanol–water partition coefficient (Wildman–Crippen LogP) is 6.04. The van der Waals surface area contributed by atoms with Gasteiger partial charge in [0.1, 0.15) is 11.4 Å². The molecular formula is C37H45ClN6O6S. The van der Waals surface area contributed by atoms with Gasteiger partial charge in [-0.1, -0.05) is 29.8 Å². The van der Waals surface area contributed by atoms with Crippen molar-refractivity contribution >= 4 is 44.8 Å². The summed E-state index contributed by atoms with van der Waals surface area (Å²) in [6.07, 6.45) is 11.7. The fraction of sp³-hybridized carbons (Fsp3) is 0.486. The molecule has 3 amide bonds. The summed E-state index contributed by atoms with van der Waals surface area (Å²) in [4.78, 5) is 29.6. The maximum Gasteiger partial charge on any atom is 0.332 e. The maximum absolute atomic E-state index is 15.0. The molecule has 1 fully saturated rings. The first-order chi connectivity index (χ1) is 24.4. The van der Waals surface area contributed by atoms with Crippen molar-refractivity contribution < 1.29 is 28.0 Å². The number of hydrogen-bond donors (Lipinski definition) is 2. The Kier molecular flexibility index (Phi) is 9.68. The lowest BCUT2D eigenvalue weighted by molar-refractivity contribution is -0.137. The summed E-state index contributed by atoms with van der Waals surface area (Å²) < 4.78 is 41.9. The monoisotopic (exact) mass is 736 g/mol. The molecule has 2 bridgehead atoms. The van der Waals surface area contributed by atoms with E-state index in [0.717, 1.165) is 42.8 Å².